The molecule has 1 unspecified atom stereocenters. The van der Waals surface area contributed by atoms with Crippen molar-refractivity contribution in [2.24, 2.45) is 0 Å². The summed E-state index contributed by atoms with van der Waals surface area (Å²) < 4.78 is 17.1. The molecule has 162 valence electrons. The summed E-state index contributed by atoms with van der Waals surface area (Å²) in [5, 5.41) is 10.3. The van der Waals surface area contributed by atoms with Gasteiger partial charge in [0.2, 0.25) is 0 Å². The summed E-state index contributed by atoms with van der Waals surface area (Å²) in [7, 11) is 0. The largest absolute Gasteiger partial charge is 0.393 e. The van der Waals surface area contributed by atoms with Crippen LogP contribution >= 0.6 is 0 Å². The predicted molar refractivity (Wildman–Crippen MR) is 121 cm³/mol. The third-order valence-electron chi connectivity index (χ3n) is 5.10. The number of aliphatic hydroxyl groups is 1. The molecule has 1 atom stereocenters. The highest BCUT2D eigenvalue weighted by atomic mass is 19.1. The number of ketones is 1. The van der Waals surface area contributed by atoms with Crippen LogP contribution in [0.3, 0.4) is 0 Å². The molecule has 1 aromatic carbocycles. The highest BCUT2D eigenvalue weighted by Crippen LogP contribution is 2.32. The molecular weight excluding hydrogens is 379 g/mol. The van der Waals surface area contributed by atoms with Gasteiger partial charge in [-0.05, 0) is 62.1 Å². The van der Waals surface area contributed by atoms with Gasteiger partial charge in [0.05, 0.1) is 17.5 Å². The van der Waals surface area contributed by atoms with Gasteiger partial charge in [-0.15, -0.1) is 0 Å². The summed E-state index contributed by atoms with van der Waals surface area (Å²) in [5.41, 5.74) is 4.55. The third kappa shape index (κ3) is 4.96. The van der Waals surface area contributed by atoms with Crippen LogP contribution in [0.4, 0.5) is 4.39 Å². The minimum atomic E-state index is -0.534. The Morgan fingerprint density at radius 2 is 1.90 bits per heavy atom. The Labute approximate surface area is 178 Å². The maximum atomic E-state index is 15.1. The Morgan fingerprint density at radius 3 is 2.50 bits per heavy atom. The van der Waals surface area contributed by atoms with Gasteiger partial charge in [0.25, 0.3) is 0 Å². The second-order valence-electron chi connectivity index (χ2n) is 7.43. The van der Waals surface area contributed by atoms with E-state index >= 15 is 4.39 Å². The van der Waals surface area contributed by atoms with Crippen molar-refractivity contribution in [3.8, 4) is 11.3 Å². The van der Waals surface area contributed by atoms with Crippen molar-refractivity contribution in [1.82, 2.24) is 9.38 Å². The molecule has 0 radical (unpaired) electrons. The molecule has 2 aromatic heterocycles. The molecule has 30 heavy (non-hydrogen) atoms. The molecule has 0 aliphatic rings. The minimum absolute atomic E-state index is 0.0525. The smallest absolute Gasteiger partial charge is 0.162 e. The van der Waals surface area contributed by atoms with Gasteiger partial charge in [0, 0.05) is 30.2 Å². The van der Waals surface area contributed by atoms with Crippen LogP contribution in [0.15, 0.2) is 30.5 Å². The fourth-order valence-electron chi connectivity index (χ4n) is 3.54. The molecule has 0 aliphatic heterocycles. The first kappa shape index (κ1) is 23.7. The average molecular weight is 413 g/mol. The lowest BCUT2D eigenvalue weighted by molar-refractivity contribution is 0.0981. The van der Waals surface area contributed by atoms with Crippen molar-refractivity contribution >= 4 is 11.4 Å². The minimum Gasteiger partial charge on any atom is -0.393 e. The van der Waals surface area contributed by atoms with Gasteiger partial charge in [-0.1, -0.05) is 27.7 Å². The van der Waals surface area contributed by atoms with E-state index in [-0.39, 0.29) is 5.78 Å². The van der Waals surface area contributed by atoms with Crippen molar-refractivity contribution in [2.75, 3.05) is 0 Å². The number of aromatic nitrogens is 2. The van der Waals surface area contributed by atoms with Crippen molar-refractivity contribution in [1.29, 1.82) is 0 Å². The molecule has 3 aromatic rings. The highest BCUT2D eigenvalue weighted by molar-refractivity contribution is 5.97. The number of aryl methyl sites for hydroxylation is 2. The highest BCUT2D eigenvalue weighted by Gasteiger charge is 2.22. The van der Waals surface area contributed by atoms with Crippen LogP contribution in [0.5, 0.6) is 0 Å². The molecular formula is C25H33FN2O2. The van der Waals surface area contributed by atoms with Crippen molar-refractivity contribution in [3.05, 3.63) is 58.7 Å². The summed E-state index contributed by atoms with van der Waals surface area (Å²) in [6.07, 6.45) is 3.49. The molecule has 5 heteroatoms. The first-order valence-electron chi connectivity index (χ1n) is 10.8. The SMILES string of the molecule is CC.CCCC(=O)c1cc(C)c(-c2nc3cc(C)ccn3c2CC(O)CC)c(F)c1. The fourth-order valence-corrected chi connectivity index (χ4v) is 3.54. The molecule has 0 bridgehead atoms. The van der Waals surface area contributed by atoms with E-state index in [1.165, 1.54) is 6.07 Å². The molecule has 4 nitrogen and oxygen atoms in total. The molecule has 0 saturated carbocycles. The van der Waals surface area contributed by atoms with Crippen LogP contribution in [0.2, 0.25) is 0 Å². The van der Waals surface area contributed by atoms with Crippen LogP contribution in [0.25, 0.3) is 16.9 Å². The average Bonchev–Trinajstić information content (AvgIpc) is 3.05. The fraction of sp³-hybridized carbons (Fsp3) is 0.440. The Hall–Kier alpha value is -2.53. The lowest BCUT2D eigenvalue weighted by Crippen LogP contribution is -2.11. The number of hydrogen-bond donors (Lipinski definition) is 1. The Balaban J connectivity index is 0.00000155. The summed E-state index contributed by atoms with van der Waals surface area (Å²) >= 11 is 0. The standard InChI is InChI=1S/C23H27FN2O2.C2H6/c1-5-7-20(28)16-11-15(4)22(18(24)12-16)23-19(13-17(27)6-2)26-9-8-14(3)10-21(26)25-23;1-2/h8-12,17,27H,5-7,13H2,1-4H3;1-2H3. The van der Waals surface area contributed by atoms with Crippen LogP contribution < -0.4 is 0 Å². The zero-order valence-electron chi connectivity index (χ0n) is 18.9. The molecule has 0 saturated heterocycles. The number of hydrogen-bond acceptors (Lipinski definition) is 3. The molecule has 0 fully saturated rings. The topological polar surface area (TPSA) is 54.6 Å². The number of nitrogens with zero attached hydrogens (tertiary/aromatic N) is 2. The molecule has 1 N–H and O–H groups in total. The van der Waals surface area contributed by atoms with Gasteiger partial charge in [-0.25, -0.2) is 9.37 Å². The van der Waals surface area contributed by atoms with Gasteiger partial charge >= 0.3 is 0 Å². The molecule has 0 aliphatic carbocycles. The number of Topliss-reactive ketones (excluding diaryl/α,β-unsaturated/α-hetero) is 1. The van der Waals surface area contributed by atoms with Gasteiger partial charge in [0.1, 0.15) is 11.5 Å². The van der Waals surface area contributed by atoms with E-state index in [0.717, 1.165) is 23.3 Å². The second kappa shape index (κ2) is 10.5. The monoisotopic (exact) mass is 412 g/mol. The van der Waals surface area contributed by atoms with Crippen LogP contribution in [-0.4, -0.2) is 26.4 Å². The number of pyridine rings is 1. The number of benzene rings is 1. The van der Waals surface area contributed by atoms with E-state index < -0.39 is 11.9 Å². The quantitative estimate of drug-likeness (QED) is 0.479. The summed E-state index contributed by atoms with van der Waals surface area (Å²) in [6, 6.07) is 6.97. The Kier molecular flexibility index (Phi) is 8.30. The summed E-state index contributed by atoms with van der Waals surface area (Å²) in [4.78, 5) is 16.9. The number of imidazole rings is 1. The summed E-state index contributed by atoms with van der Waals surface area (Å²) in [5.74, 6) is -0.505. The number of aliphatic hydroxyl groups excluding tert-OH is 1. The maximum absolute atomic E-state index is 15.1. The van der Waals surface area contributed by atoms with Crippen LogP contribution in [-0.2, 0) is 6.42 Å². The van der Waals surface area contributed by atoms with E-state index in [0.29, 0.717) is 41.6 Å². The van der Waals surface area contributed by atoms with E-state index in [4.69, 9.17) is 4.98 Å². The number of halogens is 1. The Morgan fingerprint density at radius 1 is 1.20 bits per heavy atom. The summed E-state index contributed by atoms with van der Waals surface area (Å²) in [6.45, 7) is 11.6. The van der Waals surface area contributed by atoms with Crippen molar-refractivity contribution < 1.29 is 14.3 Å². The van der Waals surface area contributed by atoms with E-state index in [1.54, 1.807) is 13.0 Å². The predicted octanol–water partition coefficient (Wildman–Crippen LogP) is 6.08. The van der Waals surface area contributed by atoms with Gasteiger partial charge in [-0.3, -0.25) is 4.79 Å². The maximum Gasteiger partial charge on any atom is 0.162 e. The van der Waals surface area contributed by atoms with Crippen molar-refractivity contribution in [2.45, 2.75) is 73.3 Å². The second-order valence-corrected chi connectivity index (χ2v) is 7.43. The van der Waals surface area contributed by atoms with E-state index in [1.807, 2.05) is 57.3 Å². The molecule has 3 rings (SSSR count). The van der Waals surface area contributed by atoms with E-state index in [2.05, 4.69) is 0 Å². The lowest BCUT2D eigenvalue weighted by atomic mass is 9.96. The number of rotatable bonds is 7. The van der Waals surface area contributed by atoms with Crippen molar-refractivity contribution in [3.63, 3.8) is 0 Å². The zero-order chi connectivity index (χ0) is 22.4. The Bertz CT molecular complexity index is 1000. The van der Waals surface area contributed by atoms with Gasteiger partial charge in [0.15, 0.2) is 5.78 Å². The number of carbonyl (C=O) groups excluding carboxylic acids is 1. The van der Waals surface area contributed by atoms with Crippen LogP contribution in [0, 0.1) is 19.7 Å². The zero-order valence-corrected chi connectivity index (χ0v) is 18.9. The van der Waals surface area contributed by atoms with E-state index in [9.17, 15) is 9.90 Å². The third-order valence-corrected chi connectivity index (χ3v) is 5.10. The van der Waals surface area contributed by atoms with Gasteiger partial charge in [-0.2, -0.15) is 0 Å². The van der Waals surface area contributed by atoms with Crippen LogP contribution in [0.1, 0.15) is 74.1 Å². The number of fused-ring (bicyclic) bond motifs is 1. The number of carbonyl (C=O) groups is 1. The lowest BCUT2D eigenvalue weighted by Gasteiger charge is -2.13. The van der Waals surface area contributed by atoms with Gasteiger partial charge < -0.3 is 9.51 Å². The normalized spacial score (nSPS) is 11.9. The molecule has 2 heterocycles. The first-order chi connectivity index (χ1) is 14.3. The first-order valence-corrected chi connectivity index (χ1v) is 10.8. The molecule has 0 spiro atoms. The molecule has 0 amide bonds.